The standard InChI is InChI=1S/C19H17N5O4S/c1-13-12-29-19(27)23(13)8-7-17(26)28-11-16(25)22-18-14(9-20)10-21-24(18)15-5-3-2-4-6-15/h2-6,10,12H,7-8,11H2,1H3,(H,22,25). The zero-order valence-electron chi connectivity index (χ0n) is 15.5. The number of ether oxygens (including phenoxy) is 1. The fraction of sp³-hybridized carbons (Fsp3) is 0.211. The van der Waals surface area contributed by atoms with Gasteiger partial charge in [-0.1, -0.05) is 29.5 Å². The van der Waals surface area contributed by atoms with Crippen LogP contribution in [0.4, 0.5) is 5.82 Å². The third-order valence-corrected chi connectivity index (χ3v) is 4.91. The normalized spacial score (nSPS) is 10.3. The van der Waals surface area contributed by atoms with Crippen molar-refractivity contribution in [2.24, 2.45) is 0 Å². The molecular formula is C19H17N5O4S. The monoisotopic (exact) mass is 411 g/mol. The number of nitrogens with one attached hydrogen (secondary N) is 1. The third-order valence-electron chi connectivity index (χ3n) is 4.03. The summed E-state index contributed by atoms with van der Waals surface area (Å²) in [7, 11) is 0. The molecule has 0 saturated carbocycles. The number of carbonyl (C=O) groups is 2. The van der Waals surface area contributed by atoms with Crippen molar-refractivity contribution in [1.29, 1.82) is 5.26 Å². The van der Waals surface area contributed by atoms with Crippen LogP contribution < -0.4 is 10.2 Å². The van der Waals surface area contributed by atoms with Gasteiger partial charge in [0.15, 0.2) is 12.4 Å². The summed E-state index contributed by atoms with van der Waals surface area (Å²) in [6.45, 7) is 1.45. The smallest absolute Gasteiger partial charge is 0.308 e. The Morgan fingerprint density at radius 1 is 1.31 bits per heavy atom. The van der Waals surface area contributed by atoms with Crippen molar-refractivity contribution >= 4 is 29.0 Å². The molecule has 2 aromatic heterocycles. The number of hydrogen-bond acceptors (Lipinski definition) is 7. The number of hydrogen-bond donors (Lipinski definition) is 1. The summed E-state index contributed by atoms with van der Waals surface area (Å²) >= 11 is 1.06. The van der Waals surface area contributed by atoms with Gasteiger partial charge in [0.1, 0.15) is 11.6 Å². The van der Waals surface area contributed by atoms with Crippen LogP contribution in [0, 0.1) is 18.3 Å². The lowest BCUT2D eigenvalue weighted by molar-refractivity contribution is -0.147. The number of thiazole rings is 1. The Bertz CT molecular complexity index is 1120. The highest BCUT2D eigenvalue weighted by Crippen LogP contribution is 2.19. The van der Waals surface area contributed by atoms with Crippen molar-refractivity contribution in [3.63, 3.8) is 0 Å². The second-order valence-electron chi connectivity index (χ2n) is 6.02. The van der Waals surface area contributed by atoms with Crippen LogP contribution in [0.5, 0.6) is 0 Å². The molecule has 1 N–H and O–H groups in total. The largest absolute Gasteiger partial charge is 0.456 e. The Balaban J connectivity index is 1.59. The lowest BCUT2D eigenvalue weighted by atomic mass is 10.3. The predicted octanol–water partition coefficient (Wildman–Crippen LogP) is 1.85. The maximum absolute atomic E-state index is 12.2. The lowest BCUT2D eigenvalue weighted by Crippen LogP contribution is -2.24. The minimum absolute atomic E-state index is 0.0316. The van der Waals surface area contributed by atoms with E-state index in [0.717, 1.165) is 17.0 Å². The molecular weight excluding hydrogens is 394 g/mol. The molecule has 29 heavy (non-hydrogen) atoms. The van der Waals surface area contributed by atoms with Crippen molar-refractivity contribution in [3.05, 3.63) is 62.8 Å². The summed E-state index contributed by atoms with van der Waals surface area (Å²) < 4.78 is 7.87. The fourth-order valence-electron chi connectivity index (χ4n) is 2.58. The van der Waals surface area contributed by atoms with Gasteiger partial charge in [-0.15, -0.1) is 0 Å². The average Bonchev–Trinajstić information content (AvgIpc) is 3.28. The molecule has 0 radical (unpaired) electrons. The molecule has 1 aromatic carbocycles. The highest BCUT2D eigenvalue weighted by atomic mass is 32.1. The molecule has 148 valence electrons. The van der Waals surface area contributed by atoms with Crippen molar-refractivity contribution in [3.8, 4) is 11.8 Å². The first-order valence-corrected chi connectivity index (χ1v) is 9.51. The maximum atomic E-state index is 12.2. The summed E-state index contributed by atoms with van der Waals surface area (Å²) in [6.07, 6.45) is 1.31. The summed E-state index contributed by atoms with van der Waals surface area (Å²) in [6, 6.07) is 11.0. The Kier molecular flexibility index (Phi) is 6.21. The molecule has 0 spiro atoms. The second-order valence-corrected chi connectivity index (χ2v) is 6.84. The fourth-order valence-corrected chi connectivity index (χ4v) is 3.34. The van der Waals surface area contributed by atoms with Crippen molar-refractivity contribution in [1.82, 2.24) is 14.3 Å². The van der Waals surface area contributed by atoms with Crippen LogP contribution in [-0.2, 0) is 20.9 Å². The number of anilines is 1. The maximum Gasteiger partial charge on any atom is 0.308 e. The third kappa shape index (κ3) is 4.77. The Morgan fingerprint density at radius 2 is 2.07 bits per heavy atom. The van der Waals surface area contributed by atoms with E-state index < -0.39 is 18.5 Å². The highest BCUT2D eigenvalue weighted by Gasteiger charge is 2.16. The van der Waals surface area contributed by atoms with Crippen LogP contribution in [0.15, 0.2) is 46.7 Å². The van der Waals surface area contributed by atoms with E-state index in [2.05, 4.69) is 10.4 Å². The molecule has 0 saturated heterocycles. The number of aryl methyl sites for hydroxylation is 1. The zero-order valence-corrected chi connectivity index (χ0v) is 16.3. The minimum Gasteiger partial charge on any atom is -0.456 e. The van der Waals surface area contributed by atoms with Crippen LogP contribution >= 0.6 is 11.3 Å². The molecule has 0 aliphatic carbocycles. The quantitative estimate of drug-likeness (QED) is 0.593. The summed E-state index contributed by atoms with van der Waals surface area (Å²) in [5.74, 6) is -1.01. The zero-order chi connectivity index (χ0) is 20.8. The van der Waals surface area contributed by atoms with Gasteiger partial charge in [0.25, 0.3) is 5.91 Å². The van der Waals surface area contributed by atoms with Gasteiger partial charge < -0.3 is 14.6 Å². The number of amides is 1. The van der Waals surface area contributed by atoms with E-state index in [4.69, 9.17) is 4.74 Å². The van der Waals surface area contributed by atoms with E-state index in [9.17, 15) is 19.6 Å². The van der Waals surface area contributed by atoms with Crippen LogP contribution in [0.25, 0.3) is 5.69 Å². The van der Waals surface area contributed by atoms with Gasteiger partial charge in [-0.25, -0.2) is 4.68 Å². The molecule has 0 bridgehead atoms. The number of nitriles is 1. The number of nitrogens with zero attached hydrogens (tertiary/aromatic N) is 4. The first kappa shape index (κ1) is 20.0. The first-order valence-electron chi connectivity index (χ1n) is 8.63. The van der Waals surface area contributed by atoms with Gasteiger partial charge >= 0.3 is 10.8 Å². The molecule has 0 unspecified atom stereocenters. The minimum atomic E-state index is -0.602. The van der Waals surface area contributed by atoms with Gasteiger partial charge in [0, 0.05) is 17.6 Å². The van der Waals surface area contributed by atoms with Crippen LogP contribution in [0.3, 0.4) is 0 Å². The molecule has 10 heteroatoms. The topological polar surface area (TPSA) is 119 Å². The second kappa shape index (κ2) is 8.99. The van der Waals surface area contributed by atoms with Crippen LogP contribution in [0.1, 0.15) is 17.7 Å². The molecule has 0 fully saturated rings. The lowest BCUT2D eigenvalue weighted by Gasteiger charge is -2.10. The first-order chi connectivity index (χ1) is 14.0. The average molecular weight is 411 g/mol. The summed E-state index contributed by atoms with van der Waals surface area (Å²) in [5, 5.41) is 17.6. The van der Waals surface area contributed by atoms with Gasteiger partial charge in [0.05, 0.1) is 18.3 Å². The summed E-state index contributed by atoms with van der Waals surface area (Å²) in [4.78, 5) is 35.6. The number of rotatable bonds is 7. The number of aromatic nitrogens is 3. The molecule has 1 amide bonds. The summed E-state index contributed by atoms with van der Waals surface area (Å²) in [5.41, 5.74) is 1.61. The van der Waals surface area contributed by atoms with Gasteiger partial charge in [-0.3, -0.25) is 14.4 Å². The SMILES string of the molecule is Cc1csc(=O)n1CCC(=O)OCC(=O)Nc1c(C#N)cnn1-c1ccccc1. The van der Waals surface area contributed by atoms with Crippen molar-refractivity contribution in [2.75, 3.05) is 11.9 Å². The Hall–Kier alpha value is -3.71. The molecule has 0 aliphatic heterocycles. The van der Waals surface area contributed by atoms with E-state index in [-0.39, 0.29) is 29.2 Å². The number of benzene rings is 1. The van der Waals surface area contributed by atoms with E-state index in [1.807, 2.05) is 12.1 Å². The van der Waals surface area contributed by atoms with Crippen molar-refractivity contribution in [2.45, 2.75) is 19.9 Å². The molecule has 9 nitrogen and oxygen atoms in total. The highest BCUT2D eigenvalue weighted by molar-refractivity contribution is 7.07. The molecule has 3 aromatic rings. The molecule has 2 heterocycles. The van der Waals surface area contributed by atoms with Gasteiger partial charge in [-0.05, 0) is 19.1 Å². The Labute approximate surface area is 169 Å². The van der Waals surface area contributed by atoms with E-state index in [1.54, 1.807) is 36.6 Å². The number of esters is 1. The predicted molar refractivity (Wildman–Crippen MR) is 106 cm³/mol. The van der Waals surface area contributed by atoms with E-state index >= 15 is 0 Å². The van der Waals surface area contributed by atoms with E-state index in [1.165, 1.54) is 15.4 Å². The van der Waals surface area contributed by atoms with Crippen LogP contribution in [0.2, 0.25) is 0 Å². The molecule has 3 rings (SSSR count). The number of carbonyl (C=O) groups excluding carboxylic acids is 2. The molecule has 0 atom stereocenters. The van der Waals surface area contributed by atoms with Gasteiger partial charge in [0.2, 0.25) is 0 Å². The molecule has 0 aliphatic rings. The Morgan fingerprint density at radius 3 is 2.72 bits per heavy atom. The van der Waals surface area contributed by atoms with E-state index in [0.29, 0.717) is 5.69 Å². The van der Waals surface area contributed by atoms with Crippen LogP contribution in [-0.4, -0.2) is 32.8 Å². The number of para-hydroxylation sites is 1. The van der Waals surface area contributed by atoms with Gasteiger partial charge in [-0.2, -0.15) is 10.4 Å². The van der Waals surface area contributed by atoms with Crippen molar-refractivity contribution < 1.29 is 14.3 Å².